The van der Waals surface area contributed by atoms with E-state index in [-0.39, 0.29) is 17.6 Å². The first kappa shape index (κ1) is 15.8. The number of hydrogen-bond acceptors (Lipinski definition) is 1. The van der Waals surface area contributed by atoms with Gasteiger partial charge >= 0.3 is 0 Å². The molecule has 0 bridgehead atoms. The largest absolute Gasteiger partial charge is 0.372 e. The summed E-state index contributed by atoms with van der Waals surface area (Å²) in [6, 6.07) is 0. The molecule has 3 heteroatoms. The molecule has 0 aromatic heterocycles. The molecule has 1 rings (SSSR count). The van der Waals surface area contributed by atoms with E-state index in [1.807, 2.05) is 6.08 Å². The SMILES string of the molecule is C#C/C=C/C[C@@H]1O[C@H](CC)[C@H](Br)C/C=C\C[C@@H]1Cl. The van der Waals surface area contributed by atoms with Gasteiger partial charge in [0.1, 0.15) is 0 Å². The summed E-state index contributed by atoms with van der Waals surface area (Å²) in [6.07, 6.45) is 17.0. The van der Waals surface area contributed by atoms with E-state index in [0.717, 1.165) is 25.7 Å². The van der Waals surface area contributed by atoms with Gasteiger partial charge in [0.25, 0.3) is 0 Å². The number of allylic oxidation sites excluding steroid dienone is 3. The van der Waals surface area contributed by atoms with Gasteiger partial charge in [-0.25, -0.2) is 0 Å². The van der Waals surface area contributed by atoms with E-state index in [1.54, 1.807) is 6.08 Å². The fraction of sp³-hybridized carbons (Fsp3) is 0.600. The lowest BCUT2D eigenvalue weighted by Gasteiger charge is -2.28. The Morgan fingerprint density at radius 1 is 1.44 bits per heavy atom. The van der Waals surface area contributed by atoms with Crippen LogP contribution in [0.15, 0.2) is 24.3 Å². The Kier molecular flexibility index (Phi) is 7.74. The summed E-state index contributed by atoms with van der Waals surface area (Å²) in [7, 11) is 0. The number of halogens is 2. The van der Waals surface area contributed by atoms with Crippen molar-refractivity contribution < 1.29 is 4.74 Å². The number of ether oxygens (including phenoxy) is 1. The maximum atomic E-state index is 6.40. The van der Waals surface area contributed by atoms with Crippen molar-refractivity contribution in [2.45, 2.75) is 55.0 Å². The van der Waals surface area contributed by atoms with Crippen molar-refractivity contribution in [3.05, 3.63) is 24.3 Å². The van der Waals surface area contributed by atoms with Gasteiger partial charge in [0, 0.05) is 4.83 Å². The highest BCUT2D eigenvalue weighted by molar-refractivity contribution is 9.09. The molecular formula is C15H20BrClO. The van der Waals surface area contributed by atoms with Crippen LogP contribution in [0.5, 0.6) is 0 Å². The smallest absolute Gasteiger partial charge is 0.0780 e. The molecule has 0 aromatic rings. The minimum atomic E-state index is -0.00414. The number of alkyl halides is 2. The van der Waals surface area contributed by atoms with Crippen LogP contribution >= 0.6 is 27.5 Å². The van der Waals surface area contributed by atoms with E-state index in [0.29, 0.717) is 4.83 Å². The van der Waals surface area contributed by atoms with Crippen LogP contribution in [0.4, 0.5) is 0 Å². The van der Waals surface area contributed by atoms with Gasteiger partial charge in [0.05, 0.1) is 17.6 Å². The molecule has 0 radical (unpaired) electrons. The van der Waals surface area contributed by atoms with Gasteiger partial charge in [-0.1, -0.05) is 47.0 Å². The lowest BCUT2D eigenvalue weighted by Crippen LogP contribution is -2.33. The molecule has 1 heterocycles. The fourth-order valence-electron chi connectivity index (χ4n) is 1.98. The summed E-state index contributed by atoms with van der Waals surface area (Å²) in [6.45, 7) is 2.14. The lowest BCUT2D eigenvalue weighted by atomic mass is 10.1. The molecule has 0 saturated carbocycles. The second-order valence-electron chi connectivity index (χ2n) is 4.40. The Bertz CT molecular complexity index is 332. The second-order valence-corrected chi connectivity index (χ2v) is 6.14. The summed E-state index contributed by atoms with van der Waals surface area (Å²) in [5, 5.41) is -0.00414. The lowest BCUT2D eigenvalue weighted by molar-refractivity contribution is -0.0123. The molecule has 4 atom stereocenters. The van der Waals surface area contributed by atoms with Crippen molar-refractivity contribution in [1.82, 2.24) is 0 Å². The zero-order chi connectivity index (χ0) is 13.4. The van der Waals surface area contributed by atoms with Crippen LogP contribution in [-0.4, -0.2) is 22.4 Å². The van der Waals surface area contributed by atoms with Gasteiger partial charge in [-0.15, -0.1) is 18.0 Å². The third-order valence-corrected chi connectivity index (χ3v) is 4.45. The Morgan fingerprint density at radius 3 is 2.83 bits per heavy atom. The first-order chi connectivity index (χ1) is 8.69. The molecule has 1 aliphatic rings. The highest BCUT2D eigenvalue weighted by Gasteiger charge is 2.26. The summed E-state index contributed by atoms with van der Waals surface area (Å²) in [5.41, 5.74) is 0. The van der Waals surface area contributed by atoms with Crippen LogP contribution in [0.3, 0.4) is 0 Å². The molecule has 100 valence electrons. The average Bonchev–Trinajstić information content (AvgIpc) is 2.43. The molecule has 0 N–H and O–H groups in total. The highest BCUT2D eigenvalue weighted by Crippen LogP contribution is 2.26. The number of hydrogen-bond donors (Lipinski definition) is 0. The van der Waals surface area contributed by atoms with E-state index in [4.69, 9.17) is 22.8 Å². The number of rotatable bonds is 3. The van der Waals surface area contributed by atoms with E-state index >= 15 is 0 Å². The Morgan fingerprint density at radius 2 is 2.17 bits per heavy atom. The quantitative estimate of drug-likeness (QED) is 0.422. The fourth-order valence-corrected chi connectivity index (χ4v) is 2.96. The van der Waals surface area contributed by atoms with Crippen molar-refractivity contribution in [3.8, 4) is 12.3 Å². The molecule has 0 aliphatic carbocycles. The average molecular weight is 332 g/mol. The van der Waals surface area contributed by atoms with Crippen LogP contribution in [0.1, 0.15) is 32.6 Å². The van der Waals surface area contributed by atoms with Crippen molar-refractivity contribution in [2.75, 3.05) is 0 Å². The molecule has 0 unspecified atom stereocenters. The third-order valence-electron chi connectivity index (χ3n) is 3.03. The Balaban J connectivity index is 2.73. The molecule has 0 spiro atoms. The molecule has 1 aliphatic heterocycles. The predicted molar refractivity (Wildman–Crippen MR) is 82.3 cm³/mol. The van der Waals surface area contributed by atoms with Gasteiger partial charge in [0.2, 0.25) is 0 Å². The summed E-state index contributed by atoms with van der Waals surface area (Å²) >= 11 is 10.1. The molecule has 0 aromatic carbocycles. The van der Waals surface area contributed by atoms with Crippen LogP contribution in [0.2, 0.25) is 0 Å². The minimum absolute atomic E-state index is 0.00414. The third kappa shape index (κ3) is 5.18. The van der Waals surface area contributed by atoms with Gasteiger partial charge < -0.3 is 4.74 Å². The van der Waals surface area contributed by atoms with Crippen molar-refractivity contribution in [2.24, 2.45) is 0 Å². The molecule has 1 nitrogen and oxygen atoms in total. The van der Waals surface area contributed by atoms with Crippen LogP contribution < -0.4 is 0 Å². The highest BCUT2D eigenvalue weighted by atomic mass is 79.9. The normalized spacial score (nSPS) is 35.4. The monoisotopic (exact) mass is 330 g/mol. The summed E-state index contributed by atoms with van der Waals surface area (Å²) < 4.78 is 6.15. The van der Waals surface area contributed by atoms with Crippen LogP contribution in [0, 0.1) is 12.3 Å². The maximum Gasteiger partial charge on any atom is 0.0780 e. The Hall–Kier alpha value is -0.230. The van der Waals surface area contributed by atoms with Gasteiger partial charge in [-0.2, -0.15) is 0 Å². The zero-order valence-corrected chi connectivity index (χ0v) is 13.0. The molecule has 0 saturated heterocycles. The predicted octanol–water partition coefficient (Wildman–Crippen LogP) is 4.45. The minimum Gasteiger partial charge on any atom is -0.372 e. The van der Waals surface area contributed by atoms with E-state index in [2.05, 4.69) is 40.9 Å². The molecule has 0 fully saturated rings. The van der Waals surface area contributed by atoms with Gasteiger partial charge in [-0.3, -0.25) is 0 Å². The molecule has 0 amide bonds. The van der Waals surface area contributed by atoms with E-state index in [1.165, 1.54) is 0 Å². The van der Waals surface area contributed by atoms with Crippen molar-refractivity contribution in [1.29, 1.82) is 0 Å². The Labute approximate surface area is 124 Å². The topological polar surface area (TPSA) is 9.23 Å². The standard InChI is InChI=1S/C15H20BrClO/c1-3-5-6-11-15-13(17)10-8-7-9-12(16)14(4-2)18-15/h1,5-8,12-15H,4,9-11H2,2H3/b6-5+,8-7-/t12-,13+,14-,15+/m1/s1. The van der Waals surface area contributed by atoms with Crippen molar-refractivity contribution >= 4 is 27.5 Å². The second kappa shape index (κ2) is 8.80. The summed E-state index contributed by atoms with van der Waals surface area (Å²) in [4.78, 5) is 0.347. The van der Waals surface area contributed by atoms with Crippen LogP contribution in [0.25, 0.3) is 0 Å². The van der Waals surface area contributed by atoms with Gasteiger partial charge in [0.15, 0.2) is 0 Å². The summed E-state index contributed by atoms with van der Waals surface area (Å²) in [5.74, 6) is 2.49. The first-order valence-corrected chi connectivity index (χ1v) is 7.74. The van der Waals surface area contributed by atoms with E-state index < -0.39 is 0 Å². The zero-order valence-electron chi connectivity index (χ0n) is 10.7. The van der Waals surface area contributed by atoms with Gasteiger partial charge in [-0.05, 0) is 31.8 Å². The molecule has 18 heavy (non-hydrogen) atoms. The first-order valence-electron chi connectivity index (χ1n) is 6.38. The molecular weight excluding hydrogens is 312 g/mol. The number of terminal acetylenes is 1. The van der Waals surface area contributed by atoms with E-state index in [9.17, 15) is 0 Å². The maximum absolute atomic E-state index is 6.40. The van der Waals surface area contributed by atoms with Crippen molar-refractivity contribution in [3.63, 3.8) is 0 Å². The van der Waals surface area contributed by atoms with Crippen LogP contribution in [-0.2, 0) is 4.74 Å².